The lowest BCUT2D eigenvalue weighted by molar-refractivity contribution is -0.130. The molecule has 0 radical (unpaired) electrons. The number of hydrogen-bond acceptors (Lipinski definition) is 4. The zero-order valence-corrected chi connectivity index (χ0v) is 12.9. The van der Waals surface area contributed by atoms with E-state index in [0.29, 0.717) is 17.4 Å². The van der Waals surface area contributed by atoms with Crippen LogP contribution in [0.4, 0.5) is 0 Å². The van der Waals surface area contributed by atoms with Crippen molar-refractivity contribution < 1.29 is 4.79 Å². The molecule has 114 valence electrons. The normalized spacial score (nSPS) is 10.2. The topological polar surface area (TPSA) is 67.2 Å². The SMILES string of the molecule is CNCCN(C)C(=O)Cn1ncc(=O)c2ccccc21.Cl. The summed E-state index contributed by atoms with van der Waals surface area (Å²) in [5.74, 6) is -0.0402. The molecular weight excluding hydrogens is 292 g/mol. The molecule has 1 heterocycles. The van der Waals surface area contributed by atoms with Crippen LogP contribution >= 0.6 is 12.4 Å². The number of fused-ring (bicyclic) bond motifs is 1. The molecular formula is C14H19ClN4O2. The molecule has 1 amide bonds. The summed E-state index contributed by atoms with van der Waals surface area (Å²) in [6.07, 6.45) is 1.25. The predicted octanol–water partition coefficient (Wildman–Crippen LogP) is 0.496. The molecule has 0 fully saturated rings. The highest BCUT2D eigenvalue weighted by Crippen LogP contribution is 2.07. The van der Waals surface area contributed by atoms with Crippen molar-refractivity contribution in [3.05, 3.63) is 40.7 Å². The molecule has 1 N–H and O–H groups in total. The number of hydrogen-bond donors (Lipinski definition) is 1. The van der Waals surface area contributed by atoms with Gasteiger partial charge in [-0.2, -0.15) is 5.10 Å². The molecule has 7 heteroatoms. The van der Waals surface area contributed by atoms with Gasteiger partial charge in [0, 0.05) is 25.5 Å². The van der Waals surface area contributed by atoms with Crippen molar-refractivity contribution in [3.63, 3.8) is 0 Å². The number of carbonyl (C=O) groups is 1. The Bertz CT molecular complexity index is 671. The Morgan fingerprint density at radius 3 is 2.81 bits per heavy atom. The Kier molecular flexibility index (Phi) is 6.33. The van der Waals surface area contributed by atoms with Crippen LogP contribution in [0.25, 0.3) is 10.9 Å². The minimum atomic E-state index is -0.132. The van der Waals surface area contributed by atoms with Crippen molar-refractivity contribution in [1.82, 2.24) is 20.0 Å². The van der Waals surface area contributed by atoms with Gasteiger partial charge in [-0.25, -0.2) is 0 Å². The summed E-state index contributed by atoms with van der Waals surface area (Å²) in [7, 11) is 3.60. The monoisotopic (exact) mass is 310 g/mol. The lowest BCUT2D eigenvalue weighted by Gasteiger charge is -2.18. The van der Waals surface area contributed by atoms with Crippen LogP contribution in [0.5, 0.6) is 0 Å². The molecule has 1 aromatic carbocycles. The number of carbonyl (C=O) groups excluding carboxylic acids is 1. The number of nitrogens with zero attached hydrogens (tertiary/aromatic N) is 3. The number of nitrogens with one attached hydrogen (secondary N) is 1. The van der Waals surface area contributed by atoms with Crippen LogP contribution in [-0.2, 0) is 11.3 Å². The van der Waals surface area contributed by atoms with Crippen LogP contribution in [-0.4, -0.2) is 47.8 Å². The minimum absolute atomic E-state index is 0. The number of halogens is 1. The summed E-state index contributed by atoms with van der Waals surface area (Å²) in [4.78, 5) is 25.5. The van der Waals surface area contributed by atoms with Crippen molar-refractivity contribution in [3.8, 4) is 0 Å². The van der Waals surface area contributed by atoms with Gasteiger partial charge in [-0.1, -0.05) is 12.1 Å². The molecule has 0 atom stereocenters. The largest absolute Gasteiger partial charge is 0.343 e. The molecule has 0 unspecified atom stereocenters. The molecule has 6 nitrogen and oxygen atoms in total. The van der Waals surface area contributed by atoms with Gasteiger partial charge in [0.1, 0.15) is 6.54 Å². The van der Waals surface area contributed by atoms with Crippen LogP contribution in [0.15, 0.2) is 35.3 Å². The van der Waals surface area contributed by atoms with E-state index in [0.717, 1.165) is 6.54 Å². The second-order valence-electron chi connectivity index (χ2n) is 4.60. The van der Waals surface area contributed by atoms with Crippen LogP contribution in [0.2, 0.25) is 0 Å². The molecule has 2 rings (SSSR count). The number of benzene rings is 1. The summed E-state index contributed by atoms with van der Waals surface area (Å²) in [6.45, 7) is 1.50. The van der Waals surface area contributed by atoms with Crippen molar-refractivity contribution in [2.45, 2.75) is 6.54 Å². The van der Waals surface area contributed by atoms with Gasteiger partial charge >= 0.3 is 0 Å². The average Bonchev–Trinajstić information content (AvgIpc) is 2.47. The van der Waals surface area contributed by atoms with E-state index in [9.17, 15) is 9.59 Å². The molecule has 2 aromatic rings. The quantitative estimate of drug-likeness (QED) is 0.873. The van der Waals surface area contributed by atoms with Gasteiger partial charge in [0.05, 0.1) is 11.7 Å². The smallest absolute Gasteiger partial charge is 0.244 e. The van der Waals surface area contributed by atoms with E-state index >= 15 is 0 Å². The average molecular weight is 311 g/mol. The van der Waals surface area contributed by atoms with E-state index < -0.39 is 0 Å². The molecule has 1 aromatic heterocycles. The second-order valence-corrected chi connectivity index (χ2v) is 4.60. The molecule has 0 aliphatic rings. The van der Waals surface area contributed by atoms with E-state index in [4.69, 9.17) is 0 Å². The summed E-state index contributed by atoms with van der Waals surface area (Å²) < 4.78 is 1.56. The summed E-state index contributed by atoms with van der Waals surface area (Å²) in [6, 6.07) is 7.17. The third-order valence-electron chi connectivity index (χ3n) is 3.17. The molecule has 21 heavy (non-hydrogen) atoms. The number of likely N-dealkylation sites (N-methyl/N-ethyl adjacent to an activating group) is 2. The van der Waals surface area contributed by atoms with E-state index in [2.05, 4.69) is 10.4 Å². The fraction of sp³-hybridized carbons (Fsp3) is 0.357. The van der Waals surface area contributed by atoms with Crippen molar-refractivity contribution in [1.29, 1.82) is 0 Å². The molecule has 0 saturated heterocycles. The maximum absolute atomic E-state index is 12.1. The Labute approximate surface area is 129 Å². The summed E-state index contributed by atoms with van der Waals surface area (Å²) in [5.41, 5.74) is 0.545. The van der Waals surface area contributed by atoms with Crippen molar-refractivity contribution >= 4 is 29.2 Å². The van der Waals surface area contributed by atoms with Gasteiger partial charge in [-0.15, -0.1) is 12.4 Å². The van der Waals surface area contributed by atoms with Gasteiger partial charge in [-0.3, -0.25) is 14.3 Å². The lowest BCUT2D eigenvalue weighted by atomic mass is 10.2. The van der Waals surface area contributed by atoms with Gasteiger partial charge < -0.3 is 10.2 Å². The highest BCUT2D eigenvalue weighted by atomic mass is 35.5. The van der Waals surface area contributed by atoms with Gasteiger partial charge in [0.25, 0.3) is 0 Å². The van der Waals surface area contributed by atoms with Gasteiger partial charge in [0.2, 0.25) is 11.3 Å². The first-order valence-corrected chi connectivity index (χ1v) is 6.47. The lowest BCUT2D eigenvalue weighted by Crippen LogP contribution is -2.35. The van der Waals surface area contributed by atoms with Gasteiger partial charge in [-0.05, 0) is 19.2 Å². The van der Waals surface area contributed by atoms with Crippen LogP contribution < -0.4 is 10.7 Å². The fourth-order valence-electron chi connectivity index (χ4n) is 1.94. The fourth-order valence-corrected chi connectivity index (χ4v) is 1.94. The highest BCUT2D eigenvalue weighted by Gasteiger charge is 2.11. The third-order valence-corrected chi connectivity index (χ3v) is 3.17. The number of rotatable bonds is 5. The zero-order chi connectivity index (χ0) is 14.5. The van der Waals surface area contributed by atoms with E-state index in [1.807, 2.05) is 13.1 Å². The van der Waals surface area contributed by atoms with Crippen LogP contribution in [0.3, 0.4) is 0 Å². The van der Waals surface area contributed by atoms with E-state index in [-0.39, 0.29) is 30.3 Å². The van der Waals surface area contributed by atoms with Crippen molar-refractivity contribution in [2.24, 2.45) is 0 Å². The maximum atomic E-state index is 12.1. The number of para-hydroxylation sites is 1. The number of aromatic nitrogens is 2. The molecule has 0 saturated carbocycles. The first-order valence-electron chi connectivity index (χ1n) is 6.47. The molecule has 0 aliphatic heterocycles. The molecule has 0 bridgehead atoms. The first-order chi connectivity index (χ1) is 9.63. The maximum Gasteiger partial charge on any atom is 0.244 e. The standard InChI is InChI=1S/C14H18N4O2.ClH/c1-15-7-8-17(2)14(20)10-18-12-6-4-3-5-11(12)13(19)9-16-18;/h3-6,9,15H,7-8,10H2,1-2H3;1H. The zero-order valence-electron chi connectivity index (χ0n) is 12.1. The second kappa shape index (κ2) is 7.75. The Morgan fingerprint density at radius 1 is 1.38 bits per heavy atom. The Hall–Kier alpha value is -1.92. The molecule has 0 aliphatic carbocycles. The summed E-state index contributed by atoms with van der Waals surface area (Å²) >= 11 is 0. The minimum Gasteiger partial charge on any atom is -0.343 e. The highest BCUT2D eigenvalue weighted by molar-refractivity contribution is 5.85. The Morgan fingerprint density at radius 2 is 2.10 bits per heavy atom. The van der Waals surface area contributed by atoms with E-state index in [1.165, 1.54) is 6.20 Å². The molecule has 0 spiro atoms. The van der Waals surface area contributed by atoms with Crippen molar-refractivity contribution in [2.75, 3.05) is 27.2 Å². The van der Waals surface area contributed by atoms with Crippen LogP contribution in [0.1, 0.15) is 0 Å². The third kappa shape index (κ3) is 4.03. The van der Waals surface area contributed by atoms with Crippen LogP contribution in [0, 0.1) is 0 Å². The summed E-state index contributed by atoms with van der Waals surface area (Å²) in [5, 5.41) is 7.62. The van der Waals surface area contributed by atoms with E-state index in [1.54, 1.807) is 34.8 Å². The Balaban J connectivity index is 0.00000220. The van der Waals surface area contributed by atoms with Gasteiger partial charge in [0.15, 0.2) is 0 Å². The predicted molar refractivity (Wildman–Crippen MR) is 84.8 cm³/mol. The first kappa shape index (κ1) is 17.1. The number of amides is 1.